The summed E-state index contributed by atoms with van der Waals surface area (Å²) in [5, 5.41) is 104. The van der Waals surface area contributed by atoms with E-state index >= 15 is 0 Å². The molecule has 2 rings (SSSR count). The van der Waals surface area contributed by atoms with Crippen LogP contribution in [0.2, 0.25) is 0 Å². The summed E-state index contributed by atoms with van der Waals surface area (Å²) in [5.74, 6) is -17.8. The fourth-order valence-electron chi connectivity index (χ4n) is 8.12. The summed E-state index contributed by atoms with van der Waals surface area (Å²) in [6.07, 6.45) is -2.94. The first-order valence-corrected chi connectivity index (χ1v) is 28.5. The van der Waals surface area contributed by atoms with Gasteiger partial charge in [-0.05, 0) is 74.4 Å². The van der Waals surface area contributed by atoms with Crippen LogP contribution in [0.1, 0.15) is 70.9 Å². The number of aliphatic carboxylic acids is 2. The molecule has 0 saturated carbocycles. The third-order valence-electron chi connectivity index (χ3n) is 13.2. The number of carbonyl (C=O) groups is 14. The predicted molar refractivity (Wildman–Crippen MR) is 319 cm³/mol. The van der Waals surface area contributed by atoms with Crippen molar-refractivity contribution in [1.29, 1.82) is 5.41 Å². The van der Waals surface area contributed by atoms with Crippen molar-refractivity contribution in [3.63, 3.8) is 0 Å². The number of phenolic OH excluding ortho intramolecular Hbond substituents is 2. The second-order valence-corrected chi connectivity index (χ2v) is 21.2. The second-order valence-electron chi connectivity index (χ2n) is 21.2. The number of phenols is 2. The third kappa shape index (κ3) is 28.1. The highest BCUT2D eigenvalue weighted by Crippen LogP contribution is 2.15. The molecular weight excluding hydrogens is 1220 g/mol. The number of aromatic hydroxyl groups is 2. The highest BCUT2D eigenvalue weighted by molar-refractivity contribution is 5.99. The van der Waals surface area contributed by atoms with Gasteiger partial charge >= 0.3 is 11.9 Å². The number of carbonyl (C=O) groups excluding carboxylic acids is 12. The average molecular weight is 1300 g/mol. The summed E-state index contributed by atoms with van der Waals surface area (Å²) < 4.78 is 0. The van der Waals surface area contributed by atoms with Crippen LogP contribution < -0.4 is 81.0 Å². The zero-order valence-electron chi connectivity index (χ0n) is 50.6. The molecule has 0 spiro atoms. The number of primary amides is 1. The first-order valence-electron chi connectivity index (χ1n) is 28.5. The molecule has 26 N–H and O–H groups in total. The Labute approximate surface area is 525 Å². The largest absolute Gasteiger partial charge is 0.508 e. The molecule has 0 unspecified atom stereocenters. The summed E-state index contributed by atoms with van der Waals surface area (Å²) >= 11 is 0. The Morgan fingerprint density at radius 1 is 0.467 bits per heavy atom. The van der Waals surface area contributed by atoms with Gasteiger partial charge in [-0.2, -0.15) is 0 Å². The van der Waals surface area contributed by atoms with Gasteiger partial charge in [0.2, 0.25) is 70.9 Å². The van der Waals surface area contributed by atoms with Crippen LogP contribution in [0.4, 0.5) is 0 Å². The average Bonchev–Trinajstić information content (AvgIpc) is 1.48. The molecule has 0 fully saturated rings. The highest BCUT2D eigenvalue weighted by Gasteiger charge is 2.36. The number of benzene rings is 2. The van der Waals surface area contributed by atoms with Crippen molar-refractivity contribution < 1.29 is 103 Å². The van der Waals surface area contributed by atoms with Gasteiger partial charge in [0.1, 0.15) is 71.9 Å². The molecule has 11 atom stereocenters. The van der Waals surface area contributed by atoms with E-state index in [1.165, 1.54) is 76.2 Å². The van der Waals surface area contributed by atoms with Crippen LogP contribution in [0.3, 0.4) is 0 Å². The molecule has 37 nitrogen and oxygen atoms in total. The summed E-state index contributed by atoms with van der Waals surface area (Å²) in [6, 6.07) is -7.46. The van der Waals surface area contributed by atoms with E-state index in [1.54, 1.807) is 0 Å². The molecule has 0 aromatic heterocycles. The van der Waals surface area contributed by atoms with Gasteiger partial charge in [-0.25, -0.2) is 4.79 Å². The van der Waals surface area contributed by atoms with Crippen molar-refractivity contribution in [2.24, 2.45) is 23.1 Å². The number of carboxylic acids is 2. The standard InChI is InChI=1S/C55H82N16O21/c1-25(2)43(54(91)92)71-48(85)33(15-16-40(57)77)64-45(82)27(4)62-49(86)35(19-29-9-13-31(76)14-10-29)66-50(87)34(18-28-7-11-30(75)12-8-28)63-41(78)21-61-46(83)37(22-72)69-53(90)39(24-74)70-51(88)36(20-42(79)80)67-47(84)32(6-5-17-60-55(58)59)65-52(89)38(23-73)68-44(81)26(3)56/h7-14,25-27,32-39,43,72-76H,5-6,15-24,56H2,1-4H3,(H2,57,77)(H,61,83)(H,62,86)(H,63,78)(H,64,82)(H,65,89)(H,66,87)(H,67,84)(H,68,81)(H,69,90)(H,70,88)(H,71,85)(H,79,80)(H,91,92)(H4,58,59,60)/t26-,27-,32-,33-,34-,35-,36-,37-,38-,39-,43-/m0/s1. The Morgan fingerprint density at radius 3 is 1.32 bits per heavy atom. The number of amides is 12. The van der Waals surface area contributed by atoms with E-state index in [0.717, 1.165) is 0 Å². The summed E-state index contributed by atoms with van der Waals surface area (Å²) in [6.45, 7) is 1.06. The number of nitrogens with two attached hydrogens (primary N) is 3. The van der Waals surface area contributed by atoms with Gasteiger partial charge in [-0.3, -0.25) is 67.7 Å². The number of nitrogens with one attached hydrogen (secondary N) is 13. The van der Waals surface area contributed by atoms with E-state index in [4.69, 9.17) is 22.6 Å². The minimum absolute atomic E-state index is 0.00449. The van der Waals surface area contributed by atoms with Gasteiger partial charge in [-0.15, -0.1) is 0 Å². The molecule has 508 valence electrons. The monoisotopic (exact) mass is 1300 g/mol. The summed E-state index contributed by atoms with van der Waals surface area (Å²) in [4.78, 5) is 183. The molecule has 0 saturated heterocycles. The molecule has 0 aliphatic rings. The van der Waals surface area contributed by atoms with Crippen molar-refractivity contribution in [3.8, 4) is 11.5 Å². The van der Waals surface area contributed by atoms with Gasteiger partial charge in [0.25, 0.3) is 0 Å². The van der Waals surface area contributed by atoms with E-state index < -0.39 is 200 Å². The second kappa shape index (κ2) is 39.0. The molecule has 2 aromatic rings. The number of rotatable bonds is 40. The lowest BCUT2D eigenvalue weighted by molar-refractivity contribution is -0.143. The maximum Gasteiger partial charge on any atom is 0.326 e. The van der Waals surface area contributed by atoms with Gasteiger partial charge in [0.05, 0.1) is 38.8 Å². The van der Waals surface area contributed by atoms with Crippen molar-refractivity contribution in [2.45, 2.75) is 139 Å². The van der Waals surface area contributed by atoms with Crippen molar-refractivity contribution >= 4 is 88.8 Å². The smallest absolute Gasteiger partial charge is 0.326 e. The lowest BCUT2D eigenvalue weighted by Gasteiger charge is -2.26. The number of guanidine groups is 1. The molecule has 0 heterocycles. The summed E-state index contributed by atoms with van der Waals surface area (Å²) in [7, 11) is 0. The molecule has 12 amide bonds. The molecule has 2 aromatic carbocycles. The van der Waals surface area contributed by atoms with Gasteiger partial charge < -0.3 is 117 Å². The lowest BCUT2D eigenvalue weighted by atomic mass is 10.0. The fourth-order valence-corrected chi connectivity index (χ4v) is 8.12. The number of carboxylic acid groups (broad SMARTS) is 2. The first-order chi connectivity index (χ1) is 43.2. The molecule has 92 heavy (non-hydrogen) atoms. The van der Waals surface area contributed by atoms with Crippen LogP contribution >= 0.6 is 0 Å². The van der Waals surface area contributed by atoms with E-state index in [1.807, 2.05) is 10.6 Å². The lowest BCUT2D eigenvalue weighted by Crippen LogP contribution is -2.61. The van der Waals surface area contributed by atoms with E-state index in [0.29, 0.717) is 11.1 Å². The molecule has 0 bridgehead atoms. The topological polar surface area (TPSA) is 627 Å². The van der Waals surface area contributed by atoms with Crippen LogP contribution in [-0.2, 0) is 80.0 Å². The third-order valence-corrected chi connectivity index (χ3v) is 13.2. The molecule has 0 aliphatic heterocycles. The maximum atomic E-state index is 14.3. The Bertz CT molecular complexity index is 2930. The quantitative estimate of drug-likeness (QED) is 0.0167. The van der Waals surface area contributed by atoms with Crippen LogP contribution in [0.25, 0.3) is 0 Å². The fraction of sp³-hybridized carbons (Fsp3) is 0.509. The Hall–Kier alpha value is -10.3. The minimum atomic E-state index is -2.06. The van der Waals surface area contributed by atoms with E-state index in [-0.39, 0.29) is 50.1 Å². The minimum Gasteiger partial charge on any atom is -0.508 e. The SMILES string of the molecule is CC(C)[C@H](NC(=O)[C@H](CCC(N)=O)NC(=O)[C@H](C)NC(=O)[C@H](Cc1ccc(O)cc1)NC(=O)[C@H](Cc1ccc(O)cc1)NC(=O)CNC(=O)[C@H](CO)NC(=O)[C@H](CO)NC(=O)[C@H](CC(=O)O)NC(=O)[C@H](CCCNC(=N)N)NC(=O)[C@H](CO)NC(=O)[C@H](C)N)C(=O)O. The number of hydrogen-bond donors (Lipinski definition) is 23. The van der Waals surface area contributed by atoms with Crippen LogP contribution in [0.5, 0.6) is 11.5 Å². The molecule has 0 radical (unpaired) electrons. The summed E-state index contributed by atoms with van der Waals surface area (Å²) in [5.41, 5.74) is 16.8. The molecule has 0 aliphatic carbocycles. The van der Waals surface area contributed by atoms with Crippen molar-refractivity contribution in [2.75, 3.05) is 32.9 Å². The Morgan fingerprint density at radius 2 is 0.859 bits per heavy atom. The van der Waals surface area contributed by atoms with Gasteiger partial charge in [-0.1, -0.05) is 38.1 Å². The maximum absolute atomic E-state index is 14.3. The van der Waals surface area contributed by atoms with Crippen molar-refractivity contribution in [1.82, 2.24) is 63.8 Å². The van der Waals surface area contributed by atoms with E-state index in [9.17, 15) is 103 Å². The number of aliphatic hydroxyl groups excluding tert-OH is 3. The predicted octanol–water partition coefficient (Wildman–Crippen LogP) is -9.06. The molecule has 37 heteroatoms. The van der Waals surface area contributed by atoms with Crippen LogP contribution in [-0.4, -0.2) is 224 Å². The number of aliphatic hydroxyl groups is 3. The van der Waals surface area contributed by atoms with Crippen LogP contribution in [0.15, 0.2) is 48.5 Å². The molecular formula is C55H82N16O21. The Balaban J connectivity index is 2.34. The zero-order valence-corrected chi connectivity index (χ0v) is 50.6. The van der Waals surface area contributed by atoms with Crippen LogP contribution in [0, 0.1) is 11.3 Å². The normalized spacial score (nSPS) is 14.5. The first kappa shape index (κ1) is 77.8. The van der Waals surface area contributed by atoms with Crippen molar-refractivity contribution in [3.05, 3.63) is 59.7 Å². The number of hydrogen-bond acceptors (Lipinski definition) is 21. The van der Waals surface area contributed by atoms with E-state index in [2.05, 4.69) is 53.2 Å². The van der Waals surface area contributed by atoms with Gasteiger partial charge in [0, 0.05) is 25.8 Å². The zero-order chi connectivity index (χ0) is 69.5. The highest BCUT2D eigenvalue weighted by atomic mass is 16.4. The Kier molecular flexibility index (Phi) is 33.0. The van der Waals surface area contributed by atoms with Gasteiger partial charge in [0.15, 0.2) is 5.96 Å².